The third-order valence-electron chi connectivity index (χ3n) is 4.47. The molecule has 1 heterocycles. The summed E-state index contributed by atoms with van der Waals surface area (Å²) in [6.07, 6.45) is 5.03. The van der Waals surface area contributed by atoms with Gasteiger partial charge in [-0.3, -0.25) is 4.90 Å². The molecule has 0 bridgehead atoms. The van der Waals surface area contributed by atoms with Crippen molar-refractivity contribution in [2.75, 3.05) is 26.7 Å². The predicted octanol–water partition coefficient (Wildman–Crippen LogP) is 0.150. The average Bonchev–Trinajstić information content (AvgIpc) is 3.28. The molecule has 0 aromatic rings. The molecule has 2 aliphatic rings. The highest BCUT2D eigenvalue weighted by Gasteiger charge is 2.33. The van der Waals surface area contributed by atoms with E-state index in [2.05, 4.69) is 9.62 Å². The maximum absolute atomic E-state index is 12.4. The van der Waals surface area contributed by atoms with E-state index >= 15 is 0 Å². The molecule has 1 saturated carbocycles. The van der Waals surface area contributed by atoms with Crippen LogP contribution in [-0.2, 0) is 10.2 Å². The summed E-state index contributed by atoms with van der Waals surface area (Å²) >= 11 is 0. The molecular weight excluding hydrogens is 278 g/mol. The fourth-order valence-electron chi connectivity index (χ4n) is 2.77. The number of nitrogens with one attached hydrogen (secondary N) is 1. The minimum absolute atomic E-state index is 0.0988. The number of aliphatic hydroxyl groups excluding tert-OH is 1. The Morgan fingerprint density at radius 1 is 1.35 bits per heavy atom. The van der Waals surface area contributed by atoms with E-state index in [1.165, 1.54) is 17.1 Å². The van der Waals surface area contributed by atoms with Gasteiger partial charge in [-0.2, -0.15) is 12.7 Å². The summed E-state index contributed by atoms with van der Waals surface area (Å²) in [4.78, 5) is 2.24. The number of piperidine rings is 1. The van der Waals surface area contributed by atoms with E-state index in [9.17, 15) is 13.5 Å². The second kappa shape index (κ2) is 6.70. The Labute approximate surface area is 122 Å². The Balaban J connectivity index is 1.88. The first-order valence-electron chi connectivity index (χ1n) is 7.55. The van der Waals surface area contributed by atoms with Crippen molar-refractivity contribution in [1.29, 1.82) is 0 Å². The van der Waals surface area contributed by atoms with Gasteiger partial charge in [-0.15, -0.1) is 0 Å². The van der Waals surface area contributed by atoms with Gasteiger partial charge in [0, 0.05) is 31.2 Å². The Morgan fingerprint density at radius 3 is 2.65 bits per heavy atom. The average molecular weight is 305 g/mol. The summed E-state index contributed by atoms with van der Waals surface area (Å²) in [6.45, 7) is 2.87. The highest BCUT2D eigenvalue weighted by atomic mass is 32.2. The molecule has 2 fully saturated rings. The van der Waals surface area contributed by atoms with E-state index in [1.54, 1.807) is 0 Å². The third kappa shape index (κ3) is 3.92. The van der Waals surface area contributed by atoms with Gasteiger partial charge in [0.15, 0.2) is 0 Å². The van der Waals surface area contributed by atoms with E-state index in [4.69, 9.17) is 0 Å². The molecule has 7 heteroatoms. The van der Waals surface area contributed by atoms with Crippen molar-refractivity contribution in [3.8, 4) is 0 Å². The van der Waals surface area contributed by atoms with Gasteiger partial charge in [0.2, 0.25) is 0 Å². The molecule has 2 rings (SSSR count). The number of hydrogen-bond acceptors (Lipinski definition) is 4. The van der Waals surface area contributed by atoms with Crippen LogP contribution >= 0.6 is 0 Å². The summed E-state index contributed by atoms with van der Waals surface area (Å²) in [5, 5.41) is 9.33. The topological polar surface area (TPSA) is 72.9 Å². The minimum Gasteiger partial charge on any atom is -0.395 e. The first-order valence-corrected chi connectivity index (χ1v) is 8.99. The lowest BCUT2D eigenvalue weighted by molar-refractivity contribution is 0.153. The zero-order valence-electron chi connectivity index (χ0n) is 12.5. The van der Waals surface area contributed by atoms with Crippen LogP contribution in [0.15, 0.2) is 0 Å². The zero-order valence-corrected chi connectivity index (χ0v) is 13.3. The van der Waals surface area contributed by atoms with Crippen molar-refractivity contribution >= 4 is 10.2 Å². The molecule has 1 aliphatic carbocycles. The van der Waals surface area contributed by atoms with Gasteiger partial charge in [-0.25, -0.2) is 4.72 Å². The van der Waals surface area contributed by atoms with Gasteiger partial charge in [0.25, 0.3) is 10.2 Å². The highest BCUT2D eigenvalue weighted by molar-refractivity contribution is 7.87. The highest BCUT2D eigenvalue weighted by Crippen LogP contribution is 2.27. The predicted molar refractivity (Wildman–Crippen MR) is 78.6 cm³/mol. The van der Waals surface area contributed by atoms with Crippen molar-refractivity contribution < 1.29 is 13.5 Å². The molecule has 118 valence electrons. The van der Waals surface area contributed by atoms with E-state index in [0.29, 0.717) is 19.1 Å². The van der Waals surface area contributed by atoms with Crippen molar-refractivity contribution in [1.82, 2.24) is 13.9 Å². The first kappa shape index (κ1) is 16.2. The second-order valence-electron chi connectivity index (χ2n) is 6.04. The van der Waals surface area contributed by atoms with Crippen LogP contribution in [0.25, 0.3) is 0 Å². The lowest BCUT2D eigenvalue weighted by Crippen LogP contribution is -2.52. The smallest absolute Gasteiger partial charge is 0.279 e. The second-order valence-corrected chi connectivity index (χ2v) is 7.75. The Bertz CT molecular complexity index is 411. The van der Waals surface area contributed by atoms with Crippen LogP contribution < -0.4 is 4.72 Å². The summed E-state index contributed by atoms with van der Waals surface area (Å²) in [7, 11) is -1.43. The summed E-state index contributed by atoms with van der Waals surface area (Å²) in [5.74, 6) is 0. The zero-order chi connectivity index (χ0) is 14.8. The van der Waals surface area contributed by atoms with Crippen LogP contribution in [0, 0.1) is 0 Å². The van der Waals surface area contributed by atoms with Crippen LogP contribution in [0.2, 0.25) is 0 Å². The molecule has 0 aromatic heterocycles. The molecule has 0 aromatic carbocycles. The quantitative estimate of drug-likeness (QED) is 0.702. The van der Waals surface area contributed by atoms with Crippen LogP contribution in [0.3, 0.4) is 0 Å². The maximum Gasteiger partial charge on any atom is 0.279 e. The van der Waals surface area contributed by atoms with Crippen molar-refractivity contribution in [2.24, 2.45) is 0 Å². The Kier molecular flexibility index (Phi) is 5.42. The van der Waals surface area contributed by atoms with Crippen molar-refractivity contribution in [3.05, 3.63) is 0 Å². The number of likely N-dealkylation sites (N-methyl/N-ethyl adjacent to an activating group) is 1. The largest absolute Gasteiger partial charge is 0.395 e. The molecule has 20 heavy (non-hydrogen) atoms. The monoisotopic (exact) mass is 305 g/mol. The third-order valence-corrected chi connectivity index (χ3v) is 6.10. The molecule has 0 radical (unpaired) electrons. The van der Waals surface area contributed by atoms with Crippen molar-refractivity contribution in [2.45, 2.75) is 57.2 Å². The SMILES string of the molecule is CC(CNS(=O)(=O)N1CCCCC1CO)N(C)C1CC1. The van der Waals surface area contributed by atoms with Gasteiger partial charge in [-0.1, -0.05) is 6.42 Å². The van der Waals surface area contributed by atoms with Crippen molar-refractivity contribution in [3.63, 3.8) is 0 Å². The van der Waals surface area contributed by atoms with Gasteiger partial charge >= 0.3 is 0 Å². The number of rotatable bonds is 7. The molecule has 2 atom stereocenters. The maximum atomic E-state index is 12.4. The number of nitrogens with zero attached hydrogens (tertiary/aromatic N) is 2. The van der Waals surface area contributed by atoms with Crippen LogP contribution in [0.5, 0.6) is 0 Å². The first-order chi connectivity index (χ1) is 9.45. The summed E-state index contributed by atoms with van der Waals surface area (Å²) in [5.41, 5.74) is 0. The van der Waals surface area contributed by atoms with E-state index in [-0.39, 0.29) is 18.7 Å². The Hall–Kier alpha value is -0.210. The van der Waals surface area contributed by atoms with Crippen LogP contribution in [-0.4, -0.2) is 67.6 Å². The lowest BCUT2D eigenvalue weighted by Gasteiger charge is -2.34. The number of hydrogen-bond donors (Lipinski definition) is 2. The van der Waals surface area contributed by atoms with Gasteiger partial charge in [0.1, 0.15) is 0 Å². The van der Waals surface area contributed by atoms with Gasteiger partial charge < -0.3 is 5.11 Å². The van der Waals surface area contributed by atoms with Crippen LogP contribution in [0.1, 0.15) is 39.0 Å². The molecular formula is C13H27N3O3S. The standard InChI is InChI=1S/C13H27N3O3S/c1-11(15(2)12-6-7-12)9-14-20(18,19)16-8-4-3-5-13(16)10-17/h11-14,17H,3-10H2,1-2H3. The molecule has 2 unspecified atom stereocenters. The normalized spacial score (nSPS) is 26.9. The molecule has 1 saturated heterocycles. The molecule has 6 nitrogen and oxygen atoms in total. The fraction of sp³-hybridized carbons (Fsp3) is 1.00. The van der Waals surface area contributed by atoms with E-state index < -0.39 is 10.2 Å². The lowest BCUT2D eigenvalue weighted by atomic mass is 10.1. The van der Waals surface area contributed by atoms with E-state index in [1.807, 2.05) is 14.0 Å². The molecule has 0 spiro atoms. The fourth-order valence-corrected chi connectivity index (χ4v) is 4.32. The summed E-state index contributed by atoms with van der Waals surface area (Å²) in [6, 6.07) is 0.544. The molecule has 1 aliphatic heterocycles. The van der Waals surface area contributed by atoms with E-state index in [0.717, 1.165) is 19.3 Å². The van der Waals surface area contributed by atoms with Crippen LogP contribution in [0.4, 0.5) is 0 Å². The summed E-state index contributed by atoms with van der Waals surface area (Å²) < 4.78 is 28.8. The number of aliphatic hydroxyl groups is 1. The Morgan fingerprint density at radius 2 is 2.05 bits per heavy atom. The minimum atomic E-state index is -3.48. The van der Waals surface area contributed by atoms with Gasteiger partial charge in [-0.05, 0) is 39.7 Å². The molecule has 0 amide bonds. The molecule has 2 N–H and O–H groups in total. The van der Waals surface area contributed by atoms with Gasteiger partial charge in [0.05, 0.1) is 6.61 Å².